The Kier molecular flexibility index (Phi) is 4.97. The van der Waals surface area contributed by atoms with E-state index in [2.05, 4.69) is 22.4 Å². The minimum Gasteiger partial charge on any atom is -0.497 e. The maximum absolute atomic E-state index is 13.4. The van der Waals surface area contributed by atoms with Gasteiger partial charge in [-0.25, -0.2) is 0 Å². The van der Waals surface area contributed by atoms with Gasteiger partial charge in [-0.1, -0.05) is 6.07 Å². The molecule has 0 aliphatic carbocycles. The summed E-state index contributed by atoms with van der Waals surface area (Å²) in [5.74, 6) is 2.43. The fourth-order valence-corrected chi connectivity index (χ4v) is 5.53. The number of carbonyl (C=O) groups excluding carboxylic acids is 1. The molecular weight excluding hydrogens is 448 g/mol. The van der Waals surface area contributed by atoms with Crippen LogP contribution in [-0.4, -0.2) is 29.1 Å². The number of carbonyl (C=O) groups is 1. The van der Waals surface area contributed by atoms with Crippen molar-refractivity contribution in [2.75, 3.05) is 13.8 Å². The van der Waals surface area contributed by atoms with Crippen LogP contribution in [0.15, 0.2) is 53.7 Å². The average Bonchev–Trinajstić information content (AvgIpc) is 3.54. The number of hydrogen-bond acceptors (Lipinski definition) is 6. The Morgan fingerprint density at radius 2 is 2.12 bits per heavy atom. The third kappa shape index (κ3) is 3.40. The van der Waals surface area contributed by atoms with E-state index < -0.39 is 0 Å². The quantitative estimate of drug-likeness (QED) is 0.366. The monoisotopic (exact) mass is 472 g/mol. The van der Waals surface area contributed by atoms with E-state index in [1.54, 1.807) is 18.4 Å². The van der Waals surface area contributed by atoms with Crippen molar-refractivity contribution in [3.63, 3.8) is 0 Å². The van der Waals surface area contributed by atoms with Gasteiger partial charge in [-0.15, -0.1) is 11.3 Å². The molecule has 2 aliphatic rings. The summed E-state index contributed by atoms with van der Waals surface area (Å²) in [7, 11) is 3.64. The smallest absolute Gasteiger partial charge is 0.232 e. The lowest BCUT2D eigenvalue weighted by molar-refractivity contribution is 0.0881. The molecule has 7 heteroatoms. The summed E-state index contributed by atoms with van der Waals surface area (Å²) in [6.45, 7) is 3.92. The van der Waals surface area contributed by atoms with E-state index >= 15 is 0 Å². The topological polar surface area (TPSA) is 52.9 Å². The highest BCUT2D eigenvalue weighted by atomic mass is 32.1. The molecule has 172 valence electrons. The van der Waals surface area contributed by atoms with Crippen molar-refractivity contribution in [3.05, 3.63) is 80.9 Å². The van der Waals surface area contributed by atoms with E-state index in [-0.39, 0.29) is 5.78 Å². The predicted octanol–water partition coefficient (Wildman–Crippen LogP) is 5.53. The Morgan fingerprint density at radius 3 is 2.91 bits per heavy atom. The first-order chi connectivity index (χ1) is 16.5. The normalized spacial score (nSPS) is 16.4. The summed E-state index contributed by atoms with van der Waals surface area (Å²) < 4.78 is 19.8. The van der Waals surface area contributed by atoms with Gasteiger partial charge < -0.3 is 18.8 Å². The average molecular weight is 473 g/mol. The highest BCUT2D eigenvalue weighted by Gasteiger charge is 2.35. The van der Waals surface area contributed by atoms with Gasteiger partial charge in [0.15, 0.2) is 5.76 Å². The molecule has 34 heavy (non-hydrogen) atoms. The molecule has 0 fully saturated rings. The number of Topliss-reactive ketones (excluding diaryl/α,β-unsaturated/α-hetero) is 1. The number of aryl methyl sites for hydroxylation is 2. The molecule has 2 aliphatic heterocycles. The summed E-state index contributed by atoms with van der Waals surface area (Å²) >= 11 is 1.73. The van der Waals surface area contributed by atoms with E-state index in [0.717, 1.165) is 45.6 Å². The van der Waals surface area contributed by atoms with Crippen LogP contribution < -0.4 is 14.2 Å². The molecule has 0 N–H and O–H groups in total. The molecule has 0 atom stereocenters. The SMILES string of the molecule is COc1ccc2c(c1)c(/C=C1\Oc3c4c(cc(C)c3C1=O)OCN(Cc1cccs1)C4)cn2C. The molecule has 0 amide bonds. The van der Waals surface area contributed by atoms with Crippen molar-refractivity contribution in [2.24, 2.45) is 7.05 Å². The maximum Gasteiger partial charge on any atom is 0.232 e. The number of hydrogen-bond donors (Lipinski definition) is 0. The first-order valence-electron chi connectivity index (χ1n) is 11.1. The number of fused-ring (bicyclic) bond motifs is 4. The molecule has 6 nitrogen and oxygen atoms in total. The molecular formula is C27H24N2O4S. The number of allylic oxidation sites excluding steroid dienone is 1. The Labute approximate surface area is 201 Å². The molecule has 2 aromatic carbocycles. The third-order valence-corrected chi connectivity index (χ3v) is 7.32. The van der Waals surface area contributed by atoms with E-state index in [4.69, 9.17) is 14.2 Å². The number of ketones is 1. The zero-order valence-corrected chi connectivity index (χ0v) is 20.1. The van der Waals surface area contributed by atoms with E-state index in [1.807, 2.05) is 55.1 Å². The number of nitrogens with zero attached hydrogens (tertiary/aromatic N) is 2. The van der Waals surface area contributed by atoms with Crippen LogP contribution in [0.25, 0.3) is 17.0 Å². The lowest BCUT2D eigenvalue weighted by Gasteiger charge is -2.29. The van der Waals surface area contributed by atoms with Gasteiger partial charge in [0.25, 0.3) is 0 Å². The van der Waals surface area contributed by atoms with Crippen LogP contribution in [0.5, 0.6) is 17.2 Å². The van der Waals surface area contributed by atoms with Gasteiger partial charge in [0.2, 0.25) is 5.78 Å². The fourth-order valence-electron chi connectivity index (χ4n) is 4.79. The van der Waals surface area contributed by atoms with Crippen molar-refractivity contribution in [3.8, 4) is 17.2 Å². The number of rotatable bonds is 4. The van der Waals surface area contributed by atoms with Gasteiger partial charge in [-0.3, -0.25) is 9.69 Å². The van der Waals surface area contributed by atoms with Crippen molar-refractivity contribution in [1.29, 1.82) is 0 Å². The van der Waals surface area contributed by atoms with Crippen LogP contribution in [0, 0.1) is 6.92 Å². The summed E-state index contributed by atoms with van der Waals surface area (Å²) in [6, 6.07) is 12.1. The first-order valence-corrected chi connectivity index (χ1v) is 12.0. The summed E-state index contributed by atoms with van der Waals surface area (Å²) in [6.07, 6.45) is 3.84. The number of aromatic nitrogens is 1. The fraction of sp³-hybridized carbons (Fsp3) is 0.222. The summed E-state index contributed by atoms with van der Waals surface area (Å²) in [4.78, 5) is 16.9. The molecule has 4 heterocycles. The van der Waals surface area contributed by atoms with Crippen molar-refractivity contribution in [2.45, 2.75) is 20.0 Å². The van der Waals surface area contributed by atoms with E-state index in [0.29, 0.717) is 30.3 Å². The van der Waals surface area contributed by atoms with Crippen LogP contribution in [-0.2, 0) is 20.1 Å². The van der Waals surface area contributed by atoms with Crippen LogP contribution in [0.1, 0.15) is 31.9 Å². The van der Waals surface area contributed by atoms with Crippen LogP contribution >= 0.6 is 11.3 Å². The molecule has 0 saturated heterocycles. The lowest BCUT2D eigenvalue weighted by atomic mass is 9.98. The highest BCUT2D eigenvalue weighted by Crippen LogP contribution is 2.44. The second-order valence-corrected chi connectivity index (χ2v) is 9.76. The number of thiophene rings is 1. The number of methoxy groups -OCH3 is 1. The van der Waals surface area contributed by atoms with Crippen molar-refractivity contribution >= 4 is 34.1 Å². The third-order valence-electron chi connectivity index (χ3n) is 6.46. The standard InChI is InChI=1S/C27H24N2O4S/c1-16-9-23-21(14-29(15-32-23)13-19-5-4-8-34-19)27-25(16)26(30)24(33-27)10-17-12-28(2)22-7-6-18(31-3)11-20(17)22/h4-12H,13-15H2,1-3H3/b24-10-. The Bertz CT molecular complexity index is 1470. The molecule has 0 spiro atoms. The largest absolute Gasteiger partial charge is 0.497 e. The molecule has 4 aromatic rings. The van der Waals surface area contributed by atoms with Gasteiger partial charge in [0.05, 0.1) is 18.2 Å². The predicted molar refractivity (Wildman–Crippen MR) is 133 cm³/mol. The lowest BCUT2D eigenvalue weighted by Crippen LogP contribution is -2.31. The van der Waals surface area contributed by atoms with E-state index in [9.17, 15) is 4.79 Å². The molecule has 0 radical (unpaired) electrons. The van der Waals surface area contributed by atoms with Gasteiger partial charge in [-0.05, 0) is 54.3 Å². The number of ether oxygens (including phenoxy) is 3. The minimum atomic E-state index is -0.0921. The van der Waals surface area contributed by atoms with Gasteiger partial charge in [0, 0.05) is 47.7 Å². The minimum absolute atomic E-state index is 0.0921. The molecule has 0 saturated carbocycles. The summed E-state index contributed by atoms with van der Waals surface area (Å²) in [5, 5.41) is 3.09. The second-order valence-electron chi connectivity index (χ2n) is 8.73. The van der Waals surface area contributed by atoms with Crippen LogP contribution in [0.2, 0.25) is 0 Å². The van der Waals surface area contributed by atoms with Crippen LogP contribution in [0.4, 0.5) is 0 Å². The Morgan fingerprint density at radius 1 is 1.24 bits per heavy atom. The zero-order valence-electron chi connectivity index (χ0n) is 19.3. The molecule has 2 aromatic heterocycles. The van der Waals surface area contributed by atoms with Gasteiger partial charge in [-0.2, -0.15) is 0 Å². The Balaban J connectivity index is 1.38. The maximum atomic E-state index is 13.4. The molecule has 6 rings (SSSR count). The van der Waals surface area contributed by atoms with Crippen molar-refractivity contribution < 1.29 is 19.0 Å². The van der Waals surface area contributed by atoms with E-state index in [1.165, 1.54) is 4.88 Å². The molecule has 0 bridgehead atoms. The Hall–Kier alpha value is -3.55. The van der Waals surface area contributed by atoms with Crippen molar-refractivity contribution in [1.82, 2.24) is 9.47 Å². The molecule has 0 unspecified atom stereocenters. The van der Waals surface area contributed by atoms with Gasteiger partial charge >= 0.3 is 0 Å². The highest BCUT2D eigenvalue weighted by molar-refractivity contribution is 7.09. The zero-order chi connectivity index (χ0) is 23.4. The van der Waals surface area contributed by atoms with Crippen LogP contribution in [0.3, 0.4) is 0 Å². The number of benzene rings is 2. The second kappa shape index (κ2) is 8.04. The first kappa shape index (κ1) is 21.0. The van der Waals surface area contributed by atoms with Gasteiger partial charge in [0.1, 0.15) is 24.0 Å². The summed E-state index contributed by atoms with van der Waals surface area (Å²) in [5.41, 5.74) is 4.40.